The lowest BCUT2D eigenvalue weighted by Gasteiger charge is -2.11. The summed E-state index contributed by atoms with van der Waals surface area (Å²) in [5.74, 6) is -0.0760. The zero-order valence-corrected chi connectivity index (χ0v) is 16.8. The molecule has 0 atom stereocenters. The Morgan fingerprint density at radius 2 is 1.77 bits per heavy atom. The number of aromatic nitrogens is 2. The van der Waals surface area contributed by atoms with E-state index in [-0.39, 0.29) is 18.3 Å². The first-order valence-electron chi connectivity index (χ1n) is 8.84. The van der Waals surface area contributed by atoms with E-state index in [9.17, 15) is 18.0 Å². The van der Waals surface area contributed by atoms with Crippen LogP contribution in [-0.2, 0) is 11.0 Å². The van der Waals surface area contributed by atoms with Crippen molar-refractivity contribution in [2.45, 2.75) is 20.0 Å². The molecule has 0 saturated carbocycles. The Balaban J connectivity index is 1.71. The summed E-state index contributed by atoms with van der Waals surface area (Å²) >= 11 is 5.94. The van der Waals surface area contributed by atoms with Gasteiger partial charge in [0.05, 0.1) is 5.56 Å². The summed E-state index contributed by atoms with van der Waals surface area (Å²) in [6, 6.07) is 11.2. The first-order valence-corrected chi connectivity index (χ1v) is 9.22. The van der Waals surface area contributed by atoms with Gasteiger partial charge in [-0.2, -0.15) is 18.2 Å². The van der Waals surface area contributed by atoms with Crippen molar-refractivity contribution in [2.24, 2.45) is 0 Å². The molecule has 0 fully saturated rings. The minimum absolute atomic E-state index is 0.135. The van der Waals surface area contributed by atoms with E-state index in [1.54, 1.807) is 25.1 Å². The van der Waals surface area contributed by atoms with Gasteiger partial charge in [-0.3, -0.25) is 4.79 Å². The van der Waals surface area contributed by atoms with Crippen LogP contribution in [-0.4, -0.2) is 22.5 Å². The van der Waals surface area contributed by atoms with Crippen LogP contribution in [0.25, 0.3) is 11.4 Å². The molecule has 0 saturated heterocycles. The number of benzene rings is 2. The molecule has 2 aromatic carbocycles. The maximum Gasteiger partial charge on any atom is 0.416 e. The molecule has 1 N–H and O–H groups in total. The number of hydrogen-bond donors (Lipinski definition) is 1. The fraction of sp³-hybridized carbons (Fsp3) is 0.190. The lowest BCUT2D eigenvalue weighted by Crippen LogP contribution is -2.21. The van der Waals surface area contributed by atoms with E-state index < -0.39 is 17.6 Å². The number of aryl methyl sites for hydroxylation is 2. The maximum absolute atomic E-state index is 12.7. The molecule has 156 valence electrons. The number of rotatable bonds is 5. The summed E-state index contributed by atoms with van der Waals surface area (Å²) < 4.78 is 43.7. The van der Waals surface area contributed by atoms with Crippen LogP contribution in [0.5, 0.6) is 5.88 Å². The molecule has 9 heteroatoms. The predicted octanol–water partition coefficient (Wildman–Crippen LogP) is 5.45. The van der Waals surface area contributed by atoms with Gasteiger partial charge >= 0.3 is 6.18 Å². The molecule has 0 spiro atoms. The van der Waals surface area contributed by atoms with Gasteiger partial charge < -0.3 is 10.1 Å². The summed E-state index contributed by atoms with van der Waals surface area (Å²) in [5, 5.41) is 3.19. The highest BCUT2D eigenvalue weighted by Crippen LogP contribution is 2.30. The molecule has 3 rings (SSSR count). The number of alkyl halides is 3. The smallest absolute Gasteiger partial charge is 0.416 e. The Bertz CT molecular complexity index is 1070. The van der Waals surface area contributed by atoms with Gasteiger partial charge in [0.15, 0.2) is 12.4 Å². The number of hydrogen-bond acceptors (Lipinski definition) is 4. The van der Waals surface area contributed by atoms with Crippen molar-refractivity contribution in [3.05, 3.63) is 70.4 Å². The highest BCUT2D eigenvalue weighted by Gasteiger charge is 2.30. The third-order valence-corrected chi connectivity index (χ3v) is 4.36. The molecule has 1 aromatic heterocycles. The number of halogens is 4. The Kier molecular flexibility index (Phi) is 6.26. The van der Waals surface area contributed by atoms with E-state index in [4.69, 9.17) is 16.3 Å². The van der Waals surface area contributed by atoms with Crippen LogP contribution in [0.2, 0.25) is 5.02 Å². The summed E-state index contributed by atoms with van der Waals surface area (Å²) in [6.45, 7) is 3.21. The molecule has 0 bridgehead atoms. The van der Waals surface area contributed by atoms with E-state index in [2.05, 4.69) is 15.3 Å². The minimum Gasteiger partial charge on any atom is -0.467 e. The number of anilines is 1. The Morgan fingerprint density at radius 3 is 2.43 bits per heavy atom. The molecule has 1 heterocycles. The lowest BCUT2D eigenvalue weighted by molar-refractivity contribution is -0.137. The Morgan fingerprint density at radius 1 is 1.07 bits per heavy atom. The first kappa shape index (κ1) is 21.6. The normalized spacial score (nSPS) is 11.3. The van der Waals surface area contributed by atoms with E-state index in [1.807, 2.05) is 6.92 Å². The second kappa shape index (κ2) is 8.71. The van der Waals surface area contributed by atoms with Crippen molar-refractivity contribution in [3.63, 3.8) is 0 Å². The molecular weight excluding hydrogens is 419 g/mol. The van der Waals surface area contributed by atoms with Gasteiger partial charge in [0.1, 0.15) is 0 Å². The van der Waals surface area contributed by atoms with E-state index >= 15 is 0 Å². The zero-order valence-electron chi connectivity index (χ0n) is 16.0. The third-order valence-electron chi connectivity index (χ3n) is 4.13. The molecule has 0 aliphatic rings. The molecule has 30 heavy (non-hydrogen) atoms. The van der Waals surface area contributed by atoms with Crippen molar-refractivity contribution in [2.75, 3.05) is 11.9 Å². The van der Waals surface area contributed by atoms with Crippen LogP contribution in [0.15, 0.2) is 48.5 Å². The Labute approximate surface area is 175 Å². The SMILES string of the molecule is Cc1cc(OCC(=O)Nc2cc(Cl)ccc2C)nc(-c2ccc(C(F)(F)F)cc2)n1. The number of carbonyl (C=O) groups excluding carboxylic acids is 1. The minimum atomic E-state index is -4.42. The van der Waals surface area contributed by atoms with E-state index in [0.29, 0.717) is 22.0 Å². The van der Waals surface area contributed by atoms with Crippen molar-refractivity contribution in [3.8, 4) is 17.3 Å². The van der Waals surface area contributed by atoms with Gasteiger partial charge in [-0.25, -0.2) is 4.98 Å². The average molecular weight is 436 g/mol. The number of carbonyl (C=O) groups is 1. The van der Waals surface area contributed by atoms with Crippen LogP contribution in [0.3, 0.4) is 0 Å². The summed E-state index contributed by atoms with van der Waals surface area (Å²) in [7, 11) is 0. The van der Waals surface area contributed by atoms with Crippen molar-refractivity contribution in [1.82, 2.24) is 9.97 Å². The van der Waals surface area contributed by atoms with Crippen molar-refractivity contribution >= 4 is 23.2 Å². The van der Waals surface area contributed by atoms with Crippen molar-refractivity contribution < 1.29 is 22.7 Å². The van der Waals surface area contributed by atoms with Gasteiger partial charge in [0, 0.05) is 28.0 Å². The maximum atomic E-state index is 12.7. The first-order chi connectivity index (χ1) is 14.1. The van der Waals surface area contributed by atoms with Gasteiger partial charge in [0.2, 0.25) is 5.88 Å². The lowest BCUT2D eigenvalue weighted by atomic mass is 10.1. The highest BCUT2D eigenvalue weighted by molar-refractivity contribution is 6.31. The molecule has 5 nitrogen and oxygen atoms in total. The predicted molar refractivity (Wildman–Crippen MR) is 108 cm³/mol. The van der Waals surface area contributed by atoms with Gasteiger partial charge in [-0.15, -0.1) is 0 Å². The summed E-state index contributed by atoms with van der Waals surface area (Å²) in [6.07, 6.45) is -4.42. The van der Waals surface area contributed by atoms with Crippen LogP contribution >= 0.6 is 11.6 Å². The third kappa shape index (κ3) is 5.48. The summed E-state index contributed by atoms with van der Waals surface area (Å²) in [5.41, 5.74) is 1.59. The average Bonchev–Trinajstić information content (AvgIpc) is 2.68. The zero-order chi connectivity index (χ0) is 21.9. The van der Waals surface area contributed by atoms with Crippen LogP contribution in [0.4, 0.5) is 18.9 Å². The summed E-state index contributed by atoms with van der Waals surface area (Å²) in [4.78, 5) is 20.6. The fourth-order valence-corrected chi connectivity index (χ4v) is 2.78. The van der Waals surface area contributed by atoms with Gasteiger partial charge in [-0.1, -0.05) is 29.8 Å². The van der Waals surface area contributed by atoms with Crippen LogP contribution in [0.1, 0.15) is 16.8 Å². The molecule has 0 aliphatic heterocycles. The van der Waals surface area contributed by atoms with E-state index in [0.717, 1.165) is 17.7 Å². The largest absolute Gasteiger partial charge is 0.467 e. The molecule has 0 unspecified atom stereocenters. The standard InChI is InChI=1S/C21H17ClF3N3O2/c1-12-3-8-16(22)10-17(12)27-18(29)11-30-19-9-13(2)26-20(28-19)14-4-6-15(7-5-14)21(23,24)25/h3-10H,11H2,1-2H3,(H,27,29). The molecule has 3 aromatic rings. The number of ether oxygens (including phenoxy) is 1. The molecule has 1 amide bonds. The quantitative estimate of drug-likeness (QED) is 0.578. The fourth-order valence-electron chi connectivity index (χ4n) is 2.61. The molecule has 0 radical (unpaired) electrons. The van der Waals surface area contributed by atoms with E-state index in [1.165, 1.54) is 18.2 Å². The van der Waals surface area contributed by atoms with Crippen LogP contribution < -0.4 is 10.1 Å². The molecule has 0 aliphatic carbocycles. The second-order valence-corrected chi connectivity index (χ2v) is 6.98. The van der Waals surface area contributed by atoms with Gasteiger partial charge in [0.25, 0.3) is 5.91 Å². The van der Waals surface area contributed by atoms with Gasteiger partial charge in [-0.05, 0) is 43.7 Å². The number of nitrogens with zero attached hydrogens (tertiary/aromatic N) is 2. The number of amides is 1. The number of nitrogens with one attached hydrogen (secondary N) is 1. The Hall–Kier alpha value is -3.13. The monoisotopic (exact) mass is 435 g/mol. The highest BCUT2D eigenvalue weighted by atomic mass is 35.5. The van der Waals surface area contributed by atoms with Crippen molar-refractivity contribution in [1.29, 1.82) is 0 Å². The topological polar surface area (TPSA) is 64.1 Å². The van der Waals surface area contributed by atoms with Crippen LogP contribution in [0, 0.1) is 13.8 Å². The molecular formula is C21H17ClF3N3O2. The second-order valence-electron chi connectivity index (χ2n) is 6.54.